The van der Waals surface area contributed by atoms with Crippen LogP contribution in [0.3, 0.4) is 0 Å². The molecule has 3 atom stereocenters. The third-order valence-electron chi connectivity index (χ3n) is 3.54. The molecule has 2 nitrogen and oxygen atoms in total. The molecule has 2 fully saturated rings. The van der Waals surface area contributed by atoms with Crippen LogP contribution in [0.1, 0.15) is 39.5 Å². The minimum absolute atomic E-state index is 0.663. The Labute approximate surface area is 97.3 Å². The maximum absolute atomic E-state index is 4.71. The summed E-state index contributed by atoms with van der Waals surface area (Å²) in [7, 11) is 0. The van der Waals surface area contributed by atoms with Gasteiger partial charge < -0.3 is 5.32 Å². The molecule has 1 saturated heterocycles. The Kier molecular flexibility index (Phi) is 3.95. The van der Waals surface area contributed by atoms with Crippen LogP contribution in [0.2, 0.25) is 0 Å². The molecule has 2 aliphatic rings. The zero-order valence-electron chi connectivity index (χ0n) is 9.83. The van der Waals surface area contributed by atoms with Crippen LogP contribution in [0.5, 0.6) is 0 Å². The van der Waals surface area contributed by atoms with Crippen LogP contribution in [-0.2, 0) is 0 Å². The fraction of sp³-hybridized carbons (Fsp3) is 0.917. The van der Waals surface area contributed by atoms with Gasteiger partial charge in [-0.05, 0) is 31.1 Å². The van der Waals surface area contributed by atoms with Crippen molar-refractivity contribution < 1.29 is 0 Å². The molecule has 1 aliphatic heterocycles. The lowest BCUT2D eigenvalue weighted by atomic mass is 10.1. The van der Waals surface area contributed by atoms with E-state index in [0.717, 1.165) is 18.4 Å². The van der Waals surface area contributed by atoms with Gasteiger partial charge in [0.25, 0.3) is 0 Å². The predicted molar refractivity (Wildman–Crippen MR) is 68.5 cm³/mol. The molecule has 0 aromatic carbocycles. The Morgan fingerprint density at radius 2 is 2.33 bits per heavy atom. The van der Waals surface area contributed by atoms with E-state index >= 15 is 0 Å². The first kappa shape index (κ1) is 11.3. The molecular weight excluding hydrogens is 204 g/mol. The minimum Gasteiger partial charge on any atom is -0.361 e. The molecule has 0 aromatic heterocycles. The van der Waals surface area contributed by atoms with Gasteiger partial charge >= 0.3 is 0 Å². The fourth-order valence-electron chi connectivity index (χ4n) is 2.45. The van der Waals surface area contributed by atoms with Crippen molar-refractivity contribution in [2.75, 3.05) is 12.3 Å². The maximum atomic E-state index is 4.71. The summed E-state index contributed by atoms with van der Waals surface area (Å²) in [4.78, 5) is 4.71. The van der Waals surface area contributed by atoms with Crippen molar-refractivity contribution in [3.05, 3.63) is 0 Å². The Balaban J connectivity index is 1.75. The fourth-order valence-corrected chi connectivity index (χ4v) is 3.55. The van der Waals surface area contributed by atoms with Crippen molar-refractivity contribution in [2.24, 2.45) is 16.8 Å². The molecule has 0 bridgehead atoms. The number of hydrogen-bond donors (Lipinski definition) is 1. The Hall–Kier alpha value is -0.180. The highest BCUT2D eigenvalue weighted by Crippen LogP contribution is 2.30. The summed E-state index contributed by atoms with van der Waals surface area (Å²) in [6.45, 7) is 5.65. The quantitative estimate of drug-likeness (QED) is 0.800. The molecule has 1 aliphatic carbocycles. The van der Waals surface area contributed by atoms with Gasteiger partial charge in [0.15, 0.2) is 5.17 Å². The molecule has 86 valence electrons. The van der Waals surface area contributed by atoms with Crippen LogP contribution < -0.4 is 5.32 Å². The van der Waals surface area contributed by atoms with Crippen LogP contribution in [0.25, 0.3) is 0 Å². The standard InChI is InChI=1S/C12H22N2S/c1-3-11-8-15-12(14-11)13-7-10-5-4-9(2)6-10/h9-11H,3-8H2,1-2H3,(H,13,14). The highest BCUT2D eigenvalue weighted by molar-refractivity contribution is 8.14. The Bertz CT molecular complexity index is 240. The van der Waals surface area contributed by atoms with Crippen molar-refractivity contribution in [2.45, 2.75) is 45.6 Å². The first-order valence-electron chi connectivity index (χ1n) is 6.21. The van der Waals surface area contributed by atoms with Gasteiger partial charge in [-0.2, -0.15) is 0 Å². The molecule has 3 unspecified atom stereocenters. The summed E-state index contributed by atoms with van der Waals surface area (Å²) in [6, 6.07) is 0.663. The highest BCUT2D eigenvalue weighted by atomic mass is 32.2. The lowest BCUT2D eigenvalue weighted by molar-refractivity contribution is 0.525. The van der Waals surface area contributed by atoms with Crippen molar-refractivity contribution in [3.8, 4) is 0 Å². The SMILES string of the molecule is CCC1CSC(=NCC2CCC(C)C2)N1. The summed E-state index contributed by atoms with van der Waals surface area (Å²) < 4.78 is 0. The molecule has 0 spiro atoms. The van der Waals surface area contributed by atoms with Gasteiger partial charge in [-0.25, -0.2) is 0 Å². The van der Waals surface area contributed by atoms with Gasteiger partial charge in [0, 0.05) is 18.3 Å². The van der Waals surface area contributed by atoms with E-state index in [1.54, 1.807) is 0 Å². The third-order valence-corrected chi connectivity index (χ3v) is 4.63. The number of thioether (sulfide) groups is 1. The van der Waals surface area contributed by atoms with Crippen molar-refractivity contribution >= 4 is 16.9 Å². The first-order chi connectivity index (χ1) is 7.28. The second-order valence-corrected chi connectivity index (χ2v) is 6.00. The number of nitrogens with one attached hydrogen (secondary N) is 1. The van der Waals surface area contributed by atoms with E-state index in [4.69, 9.17) is 4.99 Å². The number of nitrogens with zero attached hydrogens (tertiary/aromatic N) is 1. The van der Waals surface area contributed by atoms with Crippen molar-refractivity contribution in [1.82, 2.24) is 5.32 Å². The Morgan fingerprint density at radius 3 is 2.93 bits per heavy atom. The van der Waals surface area contributed by atoms with E-state index in [2.05, 4.69) is 19.2 Å². The molecule has 1 N–H and O–H groups in total. The topological polar surface area (TPSA) is 24.4 Å². The monoisotopic (exact) mass is 226 g/mol. The van der Waals surface area contributed by atoms with E-state index in [-0.39, 0.29) is 0 Å². The van der Waals surface area contributed by atoms with Crippen LogP contribution in [0.4, 0.5) is 0 Å². The lowest BCUT2D eigenvalue weighted by Crippen LogP contribution is -2.26. The summed E-state index contributed by atoms with van der Waals surface area (Å²) in [5.74, 6) is 2.99. The van der Waals surface area contributed by atoms with Gasteiger partial charge in [0.1, 0.15) is 0 Å². The molecule has 0 aromatic rings. The highest BCUT2D eigenvalue weighted by Gasteiger charge is 2.22. The number of hydrogen-bond acceptors (Lipinski definition) is 2. The van der Waals surface area contributed by atoms with Crippen molar-refractivity contribution in [3.63, 3.8) is 0 Å². The van der Waals surface area contributed by atoms with Gasteiger partial charge in [-0.1, -0.05) is 32.0 Å². The largest absolute Gasteiger partial charge is 0.361 e. The van der Waals surface area contributed by atoms with Crippen LogP contribution in [-0.4, -0.2) is 23.5 Å². The summed E-state index contributed by atoms with van der Waals surface area (Å²) in [6.07, 6.45) is 5.40. The van der Waals surface area contributed by atoms with Gasteiger partial charge in [-0.3, -0.25) is 4.99 Å². The second kappa shape index (κ2) is 5.24. The molecule has 0 radical (unpaired) electrons. The zero-order chi connectivity index (χ0) is 10.7. The normalized spacial score (nSPS) is 38.5. The average molecular weight is 226 g/mol. The van der Waals surface area contributed by atoms with Gasteiger partial charge in [-0.15, -0.1) is 0 Å². The summed E-state index contributed by atoms with van der Waals surface area (Å²) in [5, 5.41) is 4.68. The van der Waals surface area contributed by atoms with Crippen LogP contribution in [0.15, 0.2) is 4.99 Å². The lowest BCUT2D eigenvalue weighted by Gasteiger charge is -2.07. The number of aliphatic imine (C=N–C) groups is 1. The molecule has 3 heteroatoms. The second-order valence-electron chi connectivity index (χ2n) is 4.99. The van der Waals surface area contributed by atoms with E-state index < -0.39 is 0 Å². The van der Waals surface area contributed by atoms with E-state index in [1.807, 2.05) is 11.8 Å². The number of rotatable bonds is 3. The molecule has 15 heavy (non-hydrogen) atoms. The first-order valence-corrected chi connectivity index (χ1v) is 7.20. The van der Waals surface area contributed by atoms with Crippen LogP contribution >= 0.6 is 11.8 Å². The van der Waals surface area contributed by atoms with E-state index in [0.29, 0.717) is 6.04 Å². The predicted octanol–water partition coefficient (Wildman–Crippen LogP) is 2.89. The average Bonchev–Trinajstić information content (AvgIpc) is 2.83. The molecular formula is C12H22N2S. The Morgan fingerprint density at radius 1 is 1.47 bits per heavy atom. The smallest absolute Gasteiger partial charge is 0.156 e. The number of amidine groups is 1. The molecule has 2 rings (SSSR count). The van der Waals surface area contributed by atoms with Gasteiger partial charge in [0.2, 0.25) is 0 Å². The third kappa shape index (κ3) is 3.13. The summed E-state index contributed by atoms with van der Waals surface area (Å²) in [5.41, 5.74) is 0. The maximum Gasteiger partial charge on any atom is 0.156 e. The minimum atomic E-state index is 0.663. The van der Waals surface area contributed by atoms with Crippen molar-refractivity contribution in [1.29, 1.82) is 0 Å². The van der Waals surface area contributed by atoms with Crippen LogP contribution in [0, 0.1) is 11.8 Å². The molecule has 1 saturated carbocycles. The molecule has 1 heterocycles. The molecule has 0 amide bonds. The summed E-state index contributed by atoms with van der Waals surface area (Å²) >= 11 is 1.90. The van der Waals surface area contributed by atoms with E-state index in [9.17, 15) is 0 Å². The van der Waals surface area contributed by atoms with E-state index in [1.165, 1.54) is 36.6 Å². The zero-order valence-corrected chi connectivity index (χ0v) is 10.6. The van der Waals surface area contributed by atoms with Gasteiger partial charge in [0.05, 0.1) is 0 Å².